The molecule has 15 heavy (non-hydrogen) atoms. The molecule has 0 radical (unpaired) electrons. The number of hydrogen-bond donors (Lipinski definition) is 1. The van der Waals surface area contributed by atoms with Crippen LogP contribution in [0.2, 0.25) is 0 Å². The van der Waals surface area contributed by atoms with Crippen LogP contribution < -0.4 is 10.5 Å². The highest BCUT2D eigenvalue weighted by molar-refractivity contribution is 5.53. The standard InChI is InChI=1S/C12H18FNO/c1-2-3-4-5-9-15-11-8-6-7-10(13)12(11)14/h6-8H,2-5,9,14H2,1H3. The molecule has 3 heteroatoms. The first-order chi connectivity index (χ1) is 7.25. The molecule has 2 nitrogen and oxygen atoms in total. The van der Waals surface area contributed by atoms with E-state index in [1.165, 1.54) is 18.9 Å². The molecule has 0 aliphatic rings. The Kier molecular flexibility index (Phi) is 4.95. The maximum atomic E-state index is 13.0. The summed E-state index contributed by atoms with van der Waals surface area (Å²) in [5.74, 6) is 0.0348. The molecule has 0 fully saturated rings. The number of hydrogen-bond acceptors (Lipinski definition) is 2. The quantitative estimate of drug-likeness (QED) is 0.578. The molecular weight excluding hydrogens is 193 g/mol. The Morgan fingerprint density at radius 3 is 2.80 bits per heavy atom. The number of nitrogens with two attached hydrogens (primary N) is 1. The third kappa shape index (κ3) is 3.78. The monoisotopic (exact) mass is 211 g/mol. The highest BCUT2D eigenvalue weighted by atomic mass is 19.1. The Hall–Kier alpha value is -1.25. The van der Waals surface area contributed by atoms with E-state index in [4.69, 9.17) is 10.5 Å². The van der Waals surface area contributed by atoms with Crippen molar-refractivity contribution < 1.29 is 9.13 Å². The molecule has 1 aromatic carbocycles. The van der Waals surface area contributed by atoms with E-state index < -0.39 is 5.82 Å². The van der Waals surface area contributed by atoms with Crippen molar-refractivity contribution in [3.05, 3.63) is 24.0 Å². The van der Waals surface area contributed by atoms with Gasteiger partial charge in [0.05, 0.1) is 6.61 Å². The molecule has 0 heterocycles. The van der Waals surface area contributed by atoms with Gasteiger partial charge in [-0.1, -0.05) is 32.3 Å². The average Bonchev–Trinajstić information content (AvgIpc) is 2.24. The van der Waals surface area contributed by atoms with E-state index in [0.717, 1.165) is 12.8 Å². The third-order valence-corrected chi connectivity index (χ3v) is 2.27. The molecule has 0 bridgehead atoms. The number of anilines is 1. The summed E-state index contributed by atoms with van der Waals surface area (Å²) < 4.78 is 18.4. The summed E-state index contributed by atoms with van der Waals surface area (Å²) in [5, 5.41) is 0. The first-order valence-corrected chi connectivity index (χ1v) is 5.42. The lowest BCUT2D eigenvalue weighted by Crippen LogP contribution is -2.01. The average molecular weight is 211 g/mol. The van der Waals surface area contributed by atoms with E-state index in [2.05, 4.69) is 6.92 Å². The lowest BCUT2D eigenvalue weighted by molar-refractivity contribution is 0.305. The van der Waals surface area contributed by atoms with Crippen molar-refractivity contribution >= 4 is 5.69 Å². The minimum absolute atomic E-state index is 0.105. The predicted octanol–water partition coefficient (Wildman–Crippen LogP) is 3.37. The lowest BCUT2D eigenvalue weighted by atomic mass is 10.2. The normalized spacial score (nSPS) is 10.3. The van der Waals surface area contributed by atoms with Gasteiger partial charge in [0.1, 0.15) is 17.3 Å². The van der Waals surface area contributed by atoms with Crippen LogP contribution in [-0.4, -0.2) is 6.61 Å². The number of benzene rings is 1. The maximum absolute atomic E-state index is 13.0. The second-order valence-electron chi connectivity index (χ2n) is 3.56. The molecule has 0 aromatic heterocycles. The maximum Gasteiger partial charge on any atom is 0.149 e. The molecule has 1 aromatic rings. The Bertz CT molecular complexity index is 302. The zero-order chi connectivity index (χ0) is 11.1. The fourth-order valence-corrected chi connectivity index (χ4v) is 1.35. The molecule has 2 N–H and O–H groups in total. The number of para-hydroxylation sites is 1. The smallest absolute Gasteiger partial charge is 0.149 e. The number of ether oxygens (including phenoxy) is 1. The first-order valence-electron chi connectivity index (χ1n) is 5.42. The third-order valence-electron chi connectivity index (χ3n) is 2.27. The van der Waals surface area contributed by atoms with Gasteiger partial charge in [-0.3, -0.25) is 0 Å². The van der Waals surface area contributed by atoms with E-state index in [-0.39, 0.29) is 5.69 Å². The molecule has 0 unspecified atom stereocenters. The molecule has 0 aliphatic carbocycles. The summed E-state index contributed by atoms with van der Waals surface area (Å²) in [5.41, 5.74) is 5.63. The van der Waals surface area contributed by atoms with Crippen molar-refractivity contribution in [2.75, 3.05) is 12.3 Å². The Labute approximate surface area is 90.2 Å². The fourth-order valence-electron chi connectivity index (χ4n) is 1.35. The van der Waals surface area contributed by atoms with Gasteiger partial charge in [-0.15, -0.1) is 0 Å². The summed E-state index contributed by atoms with van der Waals surface area (Å²) in [4.78, 5) is 0. The van der Waals surface area contributed by atoms with Crippen LogP contribution in [0, 0.1) is 5.82 Å². The van der Waals surface area contributed by atoms with Crippen molar-refractivity contribution in [2.24, 2.45) is 0 Å². The first kappa shape index (κ1) is 11.8. The molecule has 84 valence electrons. The number of rotatable bonds is 6. The van der Waals surface area contributed by atoms with Crippen LogP contribution in [0.4, 0.5) is 10.1 Å². The van der Waals surface area contributed by atoms with Crippen LogP contribution in [0.1, 0.15) is 32.6 Å². The molecule has 0 aliphatic heterocycles. The van der Waals surface area contributed by atoms with E-state index >= 15 is 0 Å². The second kappa shape index (κ2) is 6.27. The van der Waals surface area contributed by atoms with E-state index in [0.29, 0.717) is 12.4 Å². The summed E-state index contributed by atoms with van der Waals surface area (Å²) in [6.45, 7) is 2.76. The number of nitrogen functional groups attached to an aromatic ring is 1. The van der Waals surface area contributed by atoms with Crippen LogP contribution >= 0.6 is 0 Å². The topological polar surface area (TPSA) is 35.2 Å². The summed E-state index contributed by atoms with van der Waals surface area (Å²) in [6.07, 6.45) is 4.54. The van der Waals surface area contributed by atoms with Crippen molar-refractivity contribution in [1.82, 2.24) is 0 Å². The van der Waals surface area contributed by atoms with Crippen LogP contribution in [0.25, 0.3) is 0 Å². The minimum Gasteiger partial charge on any atom is -0.491 e. The van der Waals surface area contributed by atoms with Gasteiger partial charge in [-0.25, -0.2) is 4.39 Å². The lowest BCUT2D eigenvalue weighted by Gasteiger charge is -2.08. The van der Waals surface area contributed by atoms with Gasteiger partial charge in [0.25, 0.3) is 0 Å². The number of halogens is 1. The molecule has 0 amide bonds. The van der Waals surface area contributed by atoms with Crippen molar-refractivity contribution in [2.45, 2.75) is 32.6 Å². The van der Waals surface area contributed by atoms with Crippen molar-refractivity contribution in [3.8, 4) is 5.75 Å². The van der Waals surface area contributed by atoms with Crippen LogP contribution in [0.15, 0.2) is 18.2 Å². The summed E-state index contributed by atoms with van der Waals surface area (Å²) in [6, 6.07) is 4.63. The van der Waals surface area contributed by atoms with E-state index in [9.17, 15) is 4.39 Å². The zero-order valence-electron chi connectivity index (χ0n) is 9.13. The van der Waals surface area contributed by atoms with Crippen LogP contribution in [-0.2, 0) is 0 Å². The predicted molar refractivity (Wildman–Crippen MR) is 60.4 cm³/mol. The van der Waals surface area contributed by atoms with Gasteiger partial charge >= 0.3 is 0 Å². The Morgan fingerprint density at radius 2 is 2.07 bits per heavy atom. The van der Waals surface area contributed by atoms with Gasteiger partial charge in [-0.2, -0.15) is 0 Å². The summed E-state index contributed by atoms with van der Waals surface area (Å²) >= 11 is 0. The minimum atomic E-state index is -0.416. The van der Waals surface area contributed by atoms with E-state index in [1.807, 2.05) is 0 Å². The fraction of sp³-hybridized carbons (Fsp3) is 0.500. The van der Waals surface area contributed by atoms with Crippen molar-refractivity contribution in [3.63, 3.8) is 0 Å². The molecule has 0 saturated carbocycles. The van der Waals surface area contributed by atoms with Gasteiger partial charge < -0.3 is 10.5 Å². The Balaban J connectivity index is 2.34. The van der Waals surface area contributed by atoms with Crippen molar-refractivity contribution in [1.29, 1.82) is 0 Å². The highest BCUT2D eigenvalue weighted by Crippen LogP contribution is 2.23. The molecule has 1 rings (SSSR count). The van der Waals surface area contributed by atoms with Gasteiger partial charge in [0.15, 0.2) is 0 Å². The molecule has 0 saturated heterocycles. The number of unbranched alkanes of at least 4 members (excludes halogenated alkanes) is 3. The second-order valence-corrected chi connectivity index (χ2v) is 3.56. The van der Waals surface area contributed by atoms with Crippen LogP contribution in [0.3, 0.4) is 0 Å². The largest absolute Gasteiger partial charge is 0.491 e. The molecule has 0 atom stereocenters. The molecule has 0 spiro atoms. The zero-order valence-corrected chi connectivity index (χ0v) is 9.13. The van der Waals surface area contributed by atoms with Gasteiger partial charge in [0, 0.05) is 0 Å². The van der Waals surface area contributed by atoms with Gasteiger partial charge in [-0.05, 0) is 18.6 Å². The van der Waals surface area contributed by atoms with Crippen LogP contribution in [0.5, 0.6) is 5.75 Å². The van der Waals surface area contributed by atoms with E-state index in [1.54, 1.807) is 12.1 Å². The SMILES string of the molecule is CCCCCCOc1cccc(F)c1N. The van der Waals surface area contributed by atoms with Gasteiger partial charge in [0.2, 0.25) is 0 Å². The summed E-state index contributed by atoms with van der Waals surface area (Å²) in [7, 11) is 0. The Morgan fingerprint density at radius 1 is 1.27 bits per heavy atom. The highest BCUT2D eigenvalue weighted by Gasteiger charge is 2.04. The molecular formula is C12H18FNO.